The largest absolute Gasteiger partial charge is 0.342 e. The summed E-state index contributed by atoms with van der Waals surface area (Å²) in [5.74, 6) is -0.450. The third-order valence-electron chi connectivity index (χ3n) is 3.78. The fraction of sp³-hybridized carbons (Fsp3) is 0.312. The normalized spacial score (nSPS) is 20.6. The quantitative estimate of drug-likeness (QED) is 0.856. The van der Waals surface area contributed by atoms with Gasteiger partial charge in [-0.1, -0.05) is 30.3 Å². The zero-order chi connectivity index (χ0) is 15.2. The molecule has 1 unspecified atom stereocenters. The minimum Gasteiger partial charge on any atom is -0.342 e. The molecule has 1 saturated heterocycles. The van der Waals surface area contributed by atoms with Crippen LogP contribution in [0.25, 0.3) is 11.3 Å². The Morgan fingerprint density at radius 2 is 1.86 bits per heavy atom. The Hall–Kier alpha value is -2.43. The average molecular weight is 283 g/mol. The molecular weight excluding hydrogens is 266 g/mol. The molecule has 3 rings (SSSR count). The van der Waals surface area contributed by atoms with Crippen molar-refractivity contribution in [1.82, 2.24) is 15.1 Å². The van der Waals surface area contributed by atoms with Crippen molar-refractivity contribution in [3.05, 3.63) is 42.1 Å². The van der Waals surface area contributed by atoms with Gasteiger partial charge in [0, 0.05) is 11.3 Å². The summed E-state index contributed by atoms with van der Waals surface area (Å²) in [7, 11) is 0. The number of hydrogen-bond donors (Lipinski definition) is 1. The molecule has 1 aromatic heterocycles. The number of amides is 1. The van der Waals surface area contributed by atoms with Gasteiger partial charge in [-0.15, -0.1) is 0 Å². The lowest BCUT2D eigenvalue weighted by molar-refractivity contribution is -0.127. The van der Waals surface area contributed by atoms with Crippen LogP contribution >= 0.6 is 0 Å². The third-order valence-corrected chi connectivity index (χ3v) is 3.78. The highest BCUT2D eigenvalue weighted by Gasteiger charge is 2.48. The number of hydrogen-bond acceptors (Lipinski definition) is 3. The zero-order valence-electron chi connectivity index (χ0n) is 12.3. The van der Waals surface area contributed by atoms with E-state index in [-0.39, 0.29) is 11.7 Å². The van der Waals surface area contributed by atoms with Crippen molar-refractivity contribution in [3.63, 3.8) is 0 Å². The first-order chi connectivity index (χ1) is 9.90. The molecule has 1 amide bonds. The van der Waals surface area contributed by atoms with Crippen molar-refractivity contribution in [3.8, 4) is 11.3 Å². The summed E-state index contributed by atoms with van der Waals surface area (Å²) in [6, 6.07) is 10.7. The van der Waals surface area contributed by atoms with Crippen LogP contribution in [0.3, 0.4) is 0 Å². The minimum absolute atomic E-state index is 0.154. The lowest BCUT2D eigenvalue weighted by atomic mass is 9.99. The molecule has 0 bridgehead atoms. The van der Waals surface area contributed by atoms with E-state index in [1.807, 2.05) is 43.3 Å². The maximum Gasteiger partial charge on any atom is 0.253 e. The van der Waals surface area contributed by atoms with Gasteiger partial charge in [0.15, 0.2) is 11.8 Å². The summed E-state index contributed by atoms with van der Waals surface area (Å²) >= 11 is 0. The summed E-state index contributed by atoms with van der Waals surface area (Å²) in [5, 5.41) is 7.18. The van der Waals surface area contributed by atoms with Crippen molar-refractivity contribution in [1.29, 1.82) is 0 Å². The third kappa shape index (κ3) is 2.14. The molecule has 5 heteroatoms. The van der Waals surface area contributed by atoms with Crippen molar-refractivity contribution >= 4 is 11.7 Å². The molecule has 0 saturated carbocycles. The highest BCUT2D eigenvalue weighted by Crippen LogP contribution is 2.27. The van der Waals surface area contributed by atoms with E-state index in [4.69, 9.17) is 0 Å². The lowest BCUT2D eigenvalue weighted by Crippen LogP contribution is -2.39. The van der Waals surface area contributed by atoms with Gasteiger partial charge in [-0.05, 0) is 26.8 Å². The van der Waals surface area contributed by atoms with Crippen LogP contribution in [0.5, 0.6) is 0 Å². The second-order valence-corrected chi connectivity index (χ2v) is 5.86. The number of carbonyl (C=O) groups excluding carboxylic acids is 2. The van der Waals surface area contributed by atoms with E-state index in [9.17, 15) is 9.59 Å². The van der Waals surface area contributed by atoms with Crippen molar-refractivity contribution in [2.24, 2.45) is 0 Å². The lowest BCUT2D eigenvalue weighted by Gasteiger charge is -2.15. The molecular formula is C16H17N3O2. The average Bonchev–Trinajstić information content (AvgIpc) is 2.90. The summed E-state index contributed by atoms with van der Waals surface area (Å²) < 4.78 is 1.52. The van der Waals surface area contributed by atoms with Gasteiger partial charge in [0.2, 0.25) is 0 Å². The molecule has 21 heavy (non-hydrogen) atoms. The van der Waals surface area contributed by atoms with Crippen LogP contribution in [0.4, 0.5) is 0 Å². The van der Waals surface area contributed by atoms with E-state index in [0.29, 0.717) is 0 Å². The predicted octanol–water partition coefficient (Wildman–Crippen LogP) is 1.88. The van der Waals surface area contributed by atoms with E-state index < -0.39 is 11.6 Å². The Balaban J connectivity index is 2.03. The summed E-state index contributed by atoms with van der Waals surface area (Å²) in [6.07, 6.45) is 0. The van der Waals surface area contributed by atoms with Crippen LogP contribution in [0.1, 0.15) is 25.6 Å². The number of benzene rings is 1. The molecule has 108 valence electrons. The van der Waals surface area contributed by atoms with Crippen LogP contribution in [0, 0.1) is 6.92 Å². The molecule has 2 aromatic rings. The van der Waals surface area contributed by atoms with Gasteiger partial charge in [-0.2, -0.15) is 5.10 Å². The summed E-state index contributed by atoms with van der Waals surface area (Å²) in [4.78, 5) is 24.5. The number of ketones is 1. The number of aryl methyl sites for hydroxylation is 1. The Morgan fingerprint density at radius 1 is 1.19 bits per heavy atom. The Kier molecular flexibility index (Phi) is 2.93. The van der Waals surface area contributed by atoms with E-state index in [2.05, 4.69) is 10.4 Å². The molecule has 5 nitrogen and oxygen atoms in total. The fourth-order valence-corrected chi connectivity index (χ4v) is 2.62. The number of nitrogens with one attached hydrogen (secondary N) is 1. The predicted molar refractivity (Wildman–Crippen MR) is 78.7 cm³/mol. The topological polar surface area (TPSA) is 64.0 Å². The van der Waals surface area contributed by atoms with Gasteiger partial charge in [0.25, 0.3) is 5.91 Å². The molecule has 1 aliphatic rings. The van der Waals surface area contributed by atoms with Crippen molar-refractivity contribution in [2.75, 3.05) is 0 Å². The molecule has 1 aromatic carbocycles. The van der Waals surface area contributed by atoms with Crippen LogP contribution in [-0.2, 0) is 9.59 Å². The van der Waals surface area contributed by atoms with Crippen molar-refractivity contribution in [2.45, 2.75) is 32.4 Å². The molecule has 1 N–H and O–H groups in total. The van der Waals surface area contributed by atoms with Gasteiger partial charge >= 0.3 is 0 Å². The van der Waals surface area contributed by atoms with Crippen LogP contribution in [-0.4, -0.2) is 27.0 Å². The van der Waals surface area contributed by atoms with Gasteiger partial charge in [0.05, 0.1) is 11.2 Å². The first kappa shape index (κ1) is 13.5. The number of carbonyl (C=O) groups is 2. The zero-order valence-corrected chi connectivity index (χ0v) is 12.3. The van der Waals surface area contributed by atoms with Crippen LogP contribution in [0.2, 0.25) is 0 Å². The number of nitrogens with zero attached hydrogens (tertiary/aromatic N) is 2. The van der Waals surface area contributed by atoms with Gasteiger partial charge in [0.1, 0.15) is 0 Å². The van der Waals surface area contributed by atoms with E-state index in [1.54, 1.807) is 13.8 Å². The maximum atomic E-state index is 12.4. The van der Waals surface area contributed by atoms with E-state index >= 15 is 0 Å². The van der Waals surface area contributed by atoms with E-state index in [0.717, 1.165) is 17.0 Å². The molecule has 0 radical (unpaired) electrons. The van der Waals surface area contributed by atoms with Crippen LogP contribution in [0.15, 0.2) is 36.4 Å². The second-order valence-electron chi connectivity index (χ2n) is 5.86. The minimum atomic E-state index is -0.877. The molecule has 1 atom stereocenters. The maximum absolute atomic E-state index is 12.4. The number of Topliss-reactive ketones (excluding diaryl/α,β-unsaturated/α-hetero) is 1. The molecule has 1 fully saturated rings. The van der Waals surface area contributed by atoms with Crippen molar-refractivity contribution < 1.29 is 9.59 Å². The molecule has 2 heterocycles. The number of aromatic nitrogens is 2. The van der Waals surface area contributed by atoms with Gasteiger partial charge in [-0.25, -0.2) is 4.68 Å². The SMILES string of the molecule is Cc1cc(-c2ccccc2)nn1C1C(=O)NC(C)(C)C1=O. The summed E-state index contributed by atoms with van der Waals surface area (Å²) in [5.41, 5.74) is 1.68. The molecule has 1 aliphatic heterocycles. The van der Waals surface area contributed by atoms with Crippen LogP contribution < -0.4 is 5.32 Å². The Labute approximate surface area is 123 Å². The van der Waals surface area contributed by atoms with Gasteiger partial charge < -0.3 is 5.32 Å². The fourth-order valence-electron chi connectivity index (χ4n) is 2.62. The first-order valence-electron chi connectivity index (χ1n) is 6.88. The molecule has 0 aliphatic carbocycles. The van der Waals surface area contributed by atoms with E-state index in [1.165, 1.54) is 4.68 Å². The van der Waals surface area contributed by atoms with Gasteiger partial charge in [-0.3, -0.25) is 9.59 Å². The first-order valence-corrected chi connectivity index (χ1v) is 6.88. The standard InChI is InChI=1S/C16H17N3O2/c1-10-9-12(11-7-5-4-6-8-11)18-19(10)13-14(20)16(2,3)17-15(13)21/h4-9,13H,1-3H3,(H,17,21). The monoisotopic (exact) mass is 283 g/mol. The molecule has 0 spiro atoms. The Morgan fingerprint density at radius 3 is 2.43 bits per heavy atom. The summed E-state index contributed by atoms with van der Waals surface area (Å²) in [6.45, 7) is 5.28. The smallest absolute Gasteiger partial charge is 0.253 e. The Bertz CT molecular complexity index is 716. The second kappa shape index (κ2) is 4.55. The highest BCUT2D eigenvalue weighted by molar-refractivity contribution is 6.14. The number of rotatable bonds is 2. The highest BCUT2D eigenvalue weighted by atomic mass is 16.2.